The van der Waals surface area contributed by atoms with Gasteiger partial charge in [-0.2, -0.15) is 0 Å². The van der Waals surface area contributed by atoms with E-state index >= 15 is 0 Å². The fourth-order valence-corrected chi connectivity index (χ4v) is 0.778. The highest BCUT2D eigenvalue weighted by Gasteiger charge is 2.03. The van der Waals surface area contributed by atoms with Crippen LogP contribution in [0.2, 0.25) is 0 Å². The summed E-state index contributed by atoms with van der Waals surface area (Å²) in [7, 11) is 0. The molecule has 0 radical (unpaired) electrons. The lowest BCUT2D eigenvalue weighted by molar-refractivity contribution is -0.132. The number of carbonyl (C=O) groups is 1. The van der Waals surface area contributed by atoms with Crippen molar-refractivity contribution < 1.29 is 9.90 Å². The van der Waals surface area contributed by atoms with Crippen molar-refractivity contribution in [2.75, 3.05) is 0 Å². The summed E-state index contributed by atoms with van der Waals surface area (Å²) in [4.78, 5) is 10.3. The lowest BCUT2D eigenvalue weighted by atomic mass is 10.1. The van der Waals surface area contributed by atoms with Gasteiger partial charge in [0.1, 0.15) is 0 Å². The van der Waals surface area contributed by atoms with Crippen molar-refractivity contribution >= 4 is 17.6 Å². The average molecular weight is 163 g/mol. The molecule has 3 heteroatoms. The first-order valence-corrected chi connectivity index (χ1v) is 3.68. The first-order chi connectivity index (χ1) is 4.72. The molecule has 0 unspecified atom stereocenters. The second-order valence-corrected chi connectivity index (χ2v) is 2.26. The predicted octanol–water partition coefficient (Wildman–Crippen LogP) is 2.38. The van der Waals surface area contributed by atoms with E-state index in [2.05, 4.69) is 0 Å². The molecule has 0 amide bonds. The van der Waals surface area contributed by atoms with Crippen molar-refractivity contribution in [1.82, 2.24) is 0 Å². The van der Waals surface area contributed by atoms with Crippen molar-refractivity contribution in [3.63, 3.8) is 0 Å². The second kappa shape index (κ2) is 5.30. The van der Waals surface area contributed by atoms with Gasteiger partial charge in [-0.25, -0.2) is 4.79 Å². The molecular weight excluding hydrogens is 152 g/mol. The van der Waals surface area contributed by atoms with Crippen LogP contribution in [0.1, 0.15) is 26.2 Å². The molecule has 0 rings (SSSR count). The maximum absolute atomic E-state index is 10.3. The summed E-state index contributed by atoms with van der Waals surface area (Å²) >= 11 is 5.26. The lowest BCUT2D eigenvalue weighted by Crippen LogP contribution is -1.99. The van der Waals surface area contributed by atoms with Crippen molar-refractivity contribution in [1.29, 1.82) is 0 Å². The molecule has 0 saturated heterocycles. The van der Waals surface area contributed by atoms with Crippen LogP contribution in [-0.4, -0.2) is 11.1 Å². The Balaban J connectivity index is 3.74. The van der Waals surface area contributed by atoms with E-state index in [0.29, 0.717) is 12.0 Å². The third-order valence-electron chi connectivity index (χ3n) is 1.21. The summed E-state index contributed by atoms with van der Waals surface area (Å²) in [6, 6.07) is 0. The van der Waals surface area contributed by atoms with E-state index in [1.807, 2.05) is 6.92 Å². The van der Waals surface area contributed by atoms with Crippen LogP contribution >= 0.6 is 11.6 Å². The molecule has 0 spiro atoms. The minimum Gasteiger partial charge on any atom is -0.478 e. The molecule has 0 aliphatic carbocycles. The van der Waals surface area contributed by atoms with E-state index in [1.165, 1.54) is 0 Å². The molecule has 10 heavy (non-hydrogen) atoms. The molecule has 0 aromatic carbocycles. The Morgan fingerprint density at radius 3 is 2.60 bits per heavy atom. The van der Waals surface area contributed by atoms with Gasteiger partial charge in [0, 0.05) is 11.1 Å². The van der Waals surface area contributed by atoms with Gasteiger partial charge in [-0.15, -0.1) is 0 Å². The maximum atomic E-state index is 10.3. The van der Waals surface area contributed by atoms with Crippen molar-refractivity contribution in [2.24, 2.45) is 0 Å². The second-order valence-electron chi connectivity index (χ2n) is 2.04. The van der Waals surface area contributed by atoms with E-state index in [9.17, 15) is 4.79 Å². The quantitative estimate of drug-likeness (QED) is 0.645. The van der Waals surface area contributed by atoms with Crippen LogP contribution < -0.4 is 0 Å². The molecule has 0 aliphatic heterocycles. The SMILES string of the molecule is CCCCC(=CCl)C(=O)O. The van der Waals surface area contributed by atoms with Gasteiger partial charge in [-0.1, -0.05) is 24.9 Å². The standard InChI is InChI=1S/C7H11ClO2/c1-2-3-4-6(5-8)7(9)10/h5H,2-4H2,1H3,(H,9,10). The smallest absolute Gasteiger partial charge is 0.332 e. The highest BCUT2D eigenvalue weighted by molar-refractivity contribution is 6.27. The van der Waals surface area contributed by atoms with E-state index in [-0.39, 0.29) is 0 Å². The van der Waals surface area contributed by atoms with Gasteiger partial charge in [0.05, 0.1) is 0 Å². The number of hydrogen-bond acceptors (Lipinski definition) is 1. The van der Waals surface area contributed by atoms with Gasteiger partial charge in [0.15, 0.2) is 0 Å². The summed E-state index contributed by atoms with van der Waals surface area (Å²) in [6.07, 6.45) is 2.43. The minimum atomic E-state index is -0.913. The van der Waals surface area contributed by atoms with E-state index in [1.54, 1.807) is 0 Å². The van der Waals surface area contributed by atoms with Gasteiger partial charge in [-0.3, -0.25) is 0 Å². The van der Waals surface area contributed by atoms with Crippen LogP contribution in [0.3, 0.4) is 0 Å². The van der Waals surface area contributed by atoms with Crippen molar-refractivity contribution in [3.05, 3.63) is 11.1 Å². The number of halogens is 1. The largest absolute Gasteiger partial charge is 0.478 e. The number of carboxylic acids is 1. The predicted molar refractivity (Wildman–Crippen MR) is 41.1 cm³/mol. The number of hydrogen-bond donors (Lipinski definition) is 1. The topological polar surface area (TPSA) is 37.3 Å². The molecule has 0 atom stereocenters. The molecule has 0 bridgehead atoms. The summed E-state index contributed by atoms with van der Waals surface area (Å²) < 4.78 is 0. The molecular formula is C7H11ClO2. The van der Waals surface area contributed by atoms with Gasteiger partial charge in [0.2, 0.25) is 0 Å². The minimum absolute atomic E-state index is 0.295. The molecule has 58 valence electrons. The van der Waals surface area contributed by atoms with Crippen molar-refractivity contribution in [2.45, 2.75) is 26.2 Å². The monoisotopic (exact) mass is 162 g/mol. The molecule has 0 aromatic rings. The fraction of sp³-hybridized carbons (Fsp3) is 0.571. The lowest BCUT2D eigenvalue weighted by Gasteiger charge is -1.96. The molecule has 0 aromatic heterocycles. The Bertz CT molecular complexity index is 141. The zero-order valence-corrected chi connectivity index (χ0v) is 6.69. The Hall–Kier alpha value is -0.500. The van der Waals surface area contributed by atoms with Gasteiger partial charge < -0.3 is 5.11 Å². The molecule has 0 heterocycles. The third kappa shape index (κ3) is 3.51. The fourth-order valence-electron chi connectivity index (χ4n) is 0.575. The number of aliphatic carboxylic acids is 1. The van der Waals surface area contributed by atoms with E-state index < -0.39 is 5.97 Å². The van der Waals surface area contributed by atoms with Crippen LogP contribution in [-0.2, 0) is 4.79 Å². The van der Waals surface area contributed by atoms with Gasteiger partial charge in [0.25, 0.3) is 0 Å². The Labute approximate surface area is 65.5 Å². The van der Waals surface area contributed by atoms with E-state index in [0.717, 1.165) is 18.4 Å². The number of rotatable bonds is 4. The van der Waals surface area contributed by atoms with Crippen LogP contribution in [0.25, 0.3) is 0 Å². The Morgan fingerprint density at radius 2 is 2.30 bits per heavy atom. The van der Waals surface area contributed by atoms with Gasteiger partial charge >= 0.3 is 5.97 Å². The highest BCUT2D eigenvalue weighted by Crippen LogP contribution is 2.08. The molecule has 0 aliphatic rings. The first kappa shape index (κ1) is 9.50. The van der Waals surface area contributed by atoms with E-state index in [4.69, 9.17) is 16.7 Å². The summed E-state index contributed by atoms with van der Waals surface area (Å²) in [6.45, 7) is 2.01. The van der Waals surface area contributed by atoms with Crippen LogP contribution in [0.4, 0.5) is 0 Å². The number of carboxylic acid groups (broad SMARTS) is 1. The highest BCUT2D eigenvalue weighted by atomic mass is 35.5. The first-order valence-electron chi connectivity index (χ1n) is 3.25. The molecule has 2 nitrogen and oxygen atoms in total. The van der Waals surface area contributed by atoms with Gasteiger partial charge in [-0.05, 0) is 12.8 Å². The van der Waals surface area contributed by atoms with Crippen LogP contribution in [0.5, 0.6) is 0 Å². The summed E-state index contributed by atoms with van der Waals surface area (Å²) in [5.74, 6) is -0.913. The van der Waals surface area contributed by atoms with Crippen LogP contribution in [0, 0.1) is 0 Å². The normalized spacial score (nSPS) is 11.6. The maximum Gasteiger partial charge on any atom is 0.332 e. The number of unbranched alkanes of at least 4 members (excludes halogenated alkanes) is 1. The summed E-state index contributed by atoms with van der Waals surface area (Å²) in [5.41, 5.74) is 1.43. The molecule has 1 N–H and O–H groups in total. The zero-order chi connectivity index (χ0) is 7.98. The molecule has 0 fully saturated rings. The average Bonchev–Trinajstić information content (AvgIpc) is 1.89. The molecule has 0 saturated carbocycles. The summed E-state index contributed by atoms with van der Waals surface area (Å²) in [5, 5.41) is 8.45. The Kier molecular flexibility index (Phi) is 5.03. The third-order valence-corrected chi connectivity index (χ3v) is 1.47. The Morgan fingerprint density at radius 1 is 1.70 bits per heavy atom. The van der Waals surface area contributed by atoms with Crippen LogP contribution in [0.15, 0.2) is 11.1 Å². The zero-order valence-electron chi connectivity index (χ0n) is 5.93. The van der Waals surface area contributed by atoms with Crippen molar-refractivity contribution in [3.8, 4) is 0 Å².